The Morgan fingerprint density at radius 3 is 2.72 bits per heavy atom. The Bertz CT molecular complexity index is 807. The minimum atomic E-state index is -0.0420. The summed E-state index contributed by atoms with van der Waals surface area (Å²) in [7, 11) is 1.66. The third kappa shape index (κ3) is 5.37. The van der Waals surface area contributed by atoms with Gasteiger partial charge in [0.05, 0.1) is 24.0 Å². The predicted octanol–water partition coefficient (Wildman–Crippen LogP) is 4.46. The molecule has 2 aromatic heterocycles. The standard InChI is InChI=1S/C23H35N3O3/c1-5-6-13-29-19-9-7-17(8-10-19)25-23(27)20-11-12-26-21(16(2)3)14-18(15-28-4)24-22(20)26/h11-12,14,16-17,19H,5-10,13,15H2,1-4H3,(H,25,27)/t17-,19-. The van der Waals surface area contributed by atoms with Crippen LogP contribution in [0.5, 0.6) is 0 Å². The molecule has 0 aromatic carbocycles. The molecule has 29 heavy (non-hydrogen) atoms. The molecule has 6 heteroatoms. The lowest BCUT2D eigenvalue weighted by Crippen LogP contribution is -2.39. The van der Waals surface area contributed by atoms with Crippen molar-refractivity contribution in [3.63, 3.8) is 0 Å². The molecule has 0 atom stereocenters. The van der Waals surface area contributed by atoms with Gasteiger partial charge in [0.15, 0.2) is 0 Å². The molecule has 1 aliphatic rings. The molecule has 0 spiro atoms. The van der Waals surface area contributed by atoms with Gasteiger partial charge < -0.3 is 19.2 Å². The van der Waals surface area contributed by atoms with Gasteiger partial charge in [-0.2, -0.15) is 0 Å². The molecular weight excluding hydrogens is 366 g/mol. The number of rotatable bonds is 9. The fourth-order valence-electron chi connectivity index (χ4n) is 4.03. The minimum Gasteiger partial charge on any atom is -0.378 e. The number of carbonyl (C=O) groups excluding carboxylic acids is 1. The zero-order chi connectivity index (χ0) is 20.8. The van der Waals surface area contributed by atoms with Gasteiger partial charge in [-0.05, 0) is 50.2 Å². The predicted molar refractivity (Wildman–Crippen MR) is 114 cm³/mol. The van der Waals surface area contributed by atoms with Crippen molar-refractivity contribution in [2.24, 2.45) is 0 Å². The number of nitrogens with zero attached hydrogens (tertiary/aromatic N) is 2. The zero-order valence-electron chi connectivity index (χ0n) is 18.2. The maximum absolute atomic E-state index is 13.0. The van der Waals surface area contributed by atoms with Crippen molar-refractivity contribution in [1.29, 1.82) is 0 Å². The second-order valence-corrected chi connectivity index (χ2v) is 8.35. The average Bonchev–Trinajstić information content (AvgIpc) is 3.13. The van der Waals surface area contributed by atoms with Crippen molar-refractivity contribution in [3.05, 3.63) is 35.3 Å². The number of hydrogen-bond donors (Lipinski definition) is 1. The van der Waals surface area contributed by atoms with Crippen LogP contribution in [0, 0.1) is 0 Å². The van der Waals surface area contributed by atoms with Crippen molar-refractivity contribution in [3.8, 4) is 0 Å². The van der Waals surface area contributed by atoms with E-state index in [4.69, 9.17) is 14.5 Å². The van der Waals surface area contributed by atoms with Crippen LogP contribution in [0.4, 0.5) is 0 Å². The van der Waals surface area contributed by atoms with E-state index in [9.17, 15) is 4.79 Å². The van der Waals surface area contributed by atoms with E-state index in [-0.39, 0.29) is 11.9 Å². The molecule has 0 unspecified atom stereocenters. The van der Waals surface area contributed by atoms with Crippen LogP contribution >= 0.6 is 0 Å². The van der Waals surface area contributed by atoms with E-state index in [0.29, 0.717) is 29.8 Å². The molecule has 1 saturated carbocycles. The summed E-state index contributed by atoms with van der Waals surface area (Å²) in [5.41, 5.74) is 3.32. The Kier molecular flexibility index (Phi) is 7.67. The number of hydrogen-bond acceptors (Lipinski definition) is 4. The molecular formula is C23H35N3O3. The molecule has 1 aliphatic carbocycles. The van der Waals surface area contributed by atoms with E-state index in [1.54, 1.807) is 7.11 Å². The lowest BCUT2D eigenvalue weighted by atomic mass is 9.92. The third-order valence-electron chi connectivity index (χ3n) is 5.69. The van der Waals surface area contributed by atoms with Crippen LogP contribution in [0.1, 0.15) is 87.0 Å². The summed E-state index contributed by atoms with van der Waals surface area (Å²) in [6.45, 7) is 7.75. The molecule has 1 fully saturated rings. The fraction of sp³-hybridized carbons (Fsp3) is 0.652. The fourth-order valence-corrected chi connectivity index (χ4v) is 4.03. The highest BCUT2D eigenvalue weighted by atomic mass is 16.5. The van der Waals surface area contributed by atoms with Crippen molar-refractivity contribution >= 4 is 11.6 Å². The van der Waals surface area contributed by atoms with Gasteiger partial charge in [-0.25, -0.2) is 4.98 Å². The Hall–Kier alpha value is -1.92. The van der Waals surface area contributed by atoms with Gasteiger partial charge in [0.2, 0.25) is 0 Å². The minimum absolute atomic E-state index is 0.0420. The molecule has 0 radical (unpaired) electrons. The number of nitrogens with one attached hydrogen (secondary N) is 1. The molecule has 1 amide bonds. The molecule has 0 aliphatic heterocycles. The van der Waals surface area contributed by atoms with E-state index in [1.807, 2.05) is 16.7 Å². The van der Waals surface area contributed by atoms with Crippen molar-refractivity contribution in [2.45, 2.75) is 84.0 Å². The molecule has 1 N–H and O–H groups in total. The Balaban J connectivity index is 1.68. The lowest BCUT2D eigenvalue weighted by molar-refractivity contribution is 0.0209. The summed E-state index contributed by atoms with van der Waals surface area (Å²) < 4.78 is 13.2. The van der Waals surface area contributed by atoms with Gasteiger partial charge in [0.25, 0.3) is 5.91 Å². The number of carbonyl (C=O) groups is 1. The number of fused-ring (bicyclic) bond motifs is 1. The molecule has 2 heterocycles. The normalized spacial score (nSPS) is 19.8. The topological polar surface area (TPSA) is 64.9 Å². The summed E-state index contributed by atoms with van der Waals surface area (Å²) in [6.07, 6.45) is 8.53. The summed E-state index contributed by atoms with van der Waals surface area (Å²) in [5.74, 6) is 0.280. The van der Waals surface area contributed by atoms with E-state index in [0.717, 1.165) is 56.5 Å². The van der Waals surface area contributed by atoms with Gasteiger partial charge in [0, 0.05) is 31.6 Å². The summed E-state index contributed by atoms with van der Waals surface area (Å²) in [5, 5.41) is 3.22. The van der Waals surface area contributed by atoms with Crippen molar-refractivity contribution < 1.29 is 14.3 Å². The van der Waals surface area contributed by atoms with Gasteiger partial charge >= 0.3 is 0 Å². The number of amides is 1. The van der Waals surface area contributed by atoms with Crippen LogP contribution in [0.3, 0.4) is 0 Å². The summed E-state index contributed by atoms with van der Waals surface area (Å²) in [6, 6.07) is 4.14. The van der Waals surface area contributed by atoms with E-state index < -0.39 is 0 Å². The lowest BCUT2D eigenvalue weighted by Gasteiger charge is -2.29. The highest BCUT2D eigenvalue weighted by Gasteiger charge is 2.24. The first-order valence-electron chi connectivity index (χ1n) is 11.0. The third-order valence-corrected chi connectivity index (χ3v) is 5.69. The number of methoxy groups -OCH3 is 1. The van der Waals surface area contributed by atoms with E-state index in [2.05, 4.69) is 32.2 Å². The van der Waals surface area contributed by atoms with Crippen LogP contribution in [-0.2, 0) is 16.1 Å². The zero-order valence-corrected chi connectivity index (χ0v) is 18.2. The van der Waals surface area contributed by atoms with Crippen LogP contribution in [0.15, 0.2) is 18.3 Å². The van der Waals surface area contributed by atoms with Crippen LogP contribution in [-0.4, -0.2) is 41.2 Å². The van der Waals surface area contributed by atoms with Gasteiger partial charge in [-0.1, -0.05) is 27.2 Å². The summed E-state index contributed by atoms with van der Waals surface area (Å²) in [4.78, 5) is 17.7. The highest BCUT2D eigenvalue weighted by molar-refractivity contribution is 6.00. The monoisotopic (exact) mass is 401 g/mol. The van der Waals surface area contributed by atoms with Crippen molar-refractivity contribution in [1.82, 2.24) is 14.7 Å². The highest BCUT2D eigenvalue weighted by Crippen LogP contribution is 2.24. The molecule has 0 saturated heterocycles. The van der Waals surface area contributed by atoms with Crippen LogP contribution < -0.4 is 5.32 Å². The molecule has 160 valence electrons. The molecule has 2 aromatic rings. The average molecular weight is 402 g/mol. The first kappa shape index (κ1) is 21.8. The van der Waals surface area contributed by atoms with Gasteiger partial charge in [-0.15, -0.1) is 0 Å². The van der Waals surface area contributed by atoms with E-state index in [1.165, 1.54) is 0 Å². The molecule has 6 nitrogen and oxygen atoms in total. The SMILES string of the molecule is CCCCO[C@H]1CC[C@H](NC(=O)c2ccn3c(C(C)C)cc(COC)nc23)CC1. The summed E-state index contributed by atoms with van der Waals surface area (Å²) >= 11 is 0. The van der Waals surface area contributed by atoms with Gasteiger partial charge in [-0.3, -0.25) is 4.79 Å². The van der Waals surface area contributed by atoms with E-state index >= 15 is 0 Å². The largest absolute Gasteiger partial charge is 0.378 e. The van der Waals surface area contributed by atoms with Crippen LogP contribution in [0.25, 0.3) is 5.65 Å². The first-order chi connectivity index (χ1) is 14.0. The Morgan fingerprint density at radius 1 is 1.31 bits per heavy atom. The Labute approximate surface area is 174 Å². The maximum Gasteiger partial charge on any atom is 0.255 e. The first-order valence-corrected chi connectivity index (χ1v) is 11.0. The maximum atomic E-state index is 13.0. The molecule has 0 bridgehead atoms. The quantitative estimate of drug-likeness (QED) is 0.630. The Morgan fingerprint density at radius 2 is 2.07 bits per heavy atom. The smallest absolute Gasteiger partial charge is 0.255 e. The van der Waals surface area contributed by atoms with Crippen molar-refractivity contribution in [2.75, 3.05) is 13.7 Å². The second kappa shape index (κ2) is 10.2. The number of ether oxygens (including phenoxy) is 2. The number of unbranched alkanes of at least 4 members (excludes halogenated alkanes) is 1. The molecule has 3 rings (SSSR count). The number of aromatic nitrogens is 2. The second-order valence-electron chi connectivity index (χ2n) is 8.35. The van der Waals surface area contributed by atoms with Crippen LogP contribution in [0.2, 0.25) is 0 Å². The van der Waals surface area contributed by atoms with Gasteiger partial charge in [0.1, 0.15) is 5.65 Å².